The van der Waals surface area contributed by atoms with Gasteiger partial charge < -0.3 is 14.6 Å². The lowest BCUT2D eigenvalue weighted by Gasteiger charge is -2.08. The van der Waals surface area contributed by atoms with Crippen molar-refractivity contribution in [1.82, 2.24) is 0 Å². The molecule has 0 fully saturated rings. The normalized spacial score (nSPS) is 10.2. The number of halogens is 1. The smallest absolute Gasteiger partial charge is 0.200 e. The van der Waals surface area contributed by atoms with E-state index in [4.69, 9.17) is 26.2 Å². The number of Topliss-reactive ketones (excluding diaryl/α,β-unsaturated/α-hetero) is 1. The molecule has 0 radical (unpaired) electrons. The van der Waals surface area contributed by atoms with Gasteiger partial charge in [-0.2, -0.15) is 0 Å². The Kier molecular flexibility index (Phi) is 5.20. The van der Waals surface area contributed by atoms with Crippen molar-refractivity contribution in [3.8, 4) is 11.5 Å². The lowest BCUT2D eigenvalue weighted by atomic mass is 10.1. The molecule has 0 bridgehead atoms. The van der Waals surface area contributed by atoms with Crippen LogP contribution >= 0.6 is 11.6 Å². The highest BCUT2D eigenvalue weighted by atomic mass is 35.5. The molecule has 2 rings (SSSR count). The third-order valence-electron chi connectivity index (χ3n) is 2.95. The molecule has 0 heterocycles. The first kappa shape index (κ1) is 15.4. The molecule has 0 unspecified atom stereocenters. The number of carbonyl (C=O) groups excluding carboxylic acids is 1. The van der Waals surface area contributed by atoms with E-state index in [2.05, 4.69) is 0 Å². The van der Waals surface area contributed by atoms with Gasteiger partial charge in [0.2, 0.25) is 0 Å². The van der Waals surface area contributed by atoms with Gasteiger partial charge in [0.1, 0.15) is 11.5 Å². The lowest BCUT2D eigenvalue weighted by molar-refractivity contribution is 0.0921. The third kappa shape index (κ3) is 3.97. The van der Waals surface area contributed by atoms with E-state index in [9.17, 15) is 4.79 Å². The number of benzene rings is 2. The maximum atomic E-state index is 12.0. The Labute approximate surface area is 127 Å². The van der Waals surface area contributed by atoms with E-state index in [1.807, 2.05) is 0 Å². The summed E-state index contributed by atoms with van der Waals surface area (Å²) in [7, 11) is 1.52. The second-order valence-corrected chi connectivity index (χ2v) is 4.77. The number of carbonyl (C=O) groups is 1. The van der Waals surface area contributed by atoms with Crippen LogP contribution in [0, 0.1) is 0 Å². The molecular formula is C16H15ClO4. The van der Waals surface area contributed by atoms with Gasteiger partial charge in [-0.1, -0.05) is 23.7 Å². The molecule has 0 saturated heterocycles. The zero-order chi connectivity index (χ0) is 15.2. The van der Waals surface area contributed by atoms with Crippen LogP contribution in [0.1, 0.15) is 15.9 Å². The minimum Gasteiger partial charge on any atom is -0.495 e. The van der Waals surface area contributed by atoms with E-state index in [-0.39, 0.29) is 19.0 Å². The summed E-state index contributed by atoms with van der Waals surface area (Å²) < 4.78 is 10.4. The van der Waals surface area contributed by atoms with Crippen molar-refractivity contribution >= 4 is 17.4 Å². The fourth-order valence-corrected chi connectivity index (χ4v) is 2.02. The number of ketones is 1. The van der Waals surface area contributed by atoms with E-state index >= 15 is 0 Å². The number of aliphatic hydroxyl groups is 1. The molecule has 1 N–H and O–H groups in total. The molecule has 0 atom stereocenters. The van der Waals surface area contributed by atoms with Crippen molar-refractivity contribution in [2.24, 2.45) is 0 Å². The Morgan fingerprint density at radius 2 is 1.90 bits per heavy atom. The maximum Gasteiger partial charge on any atom is 0.200 e. The Bertz CT molecular complexity index is 623. The first-order chi connectivity index (χ1) is 10.1. The van der Waals surface area contributed by atoms with Crippen LogP contribution in [0.25, 0.3) is 0 Å². The second kappa shape index (κ2) is 7.11. The predicted octanol–water partition coefficient (Wildman–Crippen LogP) is 3.10. The van der Waals surface area contributed by atoms with Crippen LogP contribution in [-0.2, 0) is 6.61 Å². The van der Waals surface area contributed by atoms with Crippen LogP contribution in [0.3, 0.4) is 0 Å². The largest absolute Gasteiger partial charge is 0.495 e. The summed E-state index contributed by atoms with van der Waals surface area (Å²) in [4.78, 5) is 12.0. The van der Waals surface area contributed by atoms with Crippen LogP contribution in [-0.4, -0.2) is 24.6 Å². The SMILES string of the molecule is COc1ccc(C(=O)COc2ccc(CO)cc2)cc1Cl. The number of hydrogen-bond donors (Lipinski definition) is 1. The first-order valence-corrected chi connectivity index (χ1v) is 6.71. The van der Waals surface area contributed by atoms with Gasteiger partial charge >= 0.3 is 0 Å². The zero-order valence-electron chi connectivity index (χ0n) is 11.5. The van der Waals surface area contributed by atoms with Crippen molar-refractivity contribution in [3.63, 3.8) is 0 Å². The summed E-state index contributed by atoms with van der Waals surface area (Å²) >= 11 is 5.98. The van der Waals surface area contributed by atoms with Gasteiger partial charge in [0.25, 0.3) is 0 Å². The van der Waals surface area contributed by atoms with Crippen LogP contribution in [0.4, 0.5) is 0 Å². The summed E-state index contributed by atoms with van der Waals surface area (Å²) in [5, 5.41) is 9.33. The van der Waals surface area contributed by atoms with Crippen molar-refractivity contribution in [3.05, 3.63) is 58.6 Å². The van der Waals surface area contributed by atoms with Crippen molar-refractivity contribution in [2.75, 3.05) is 13.7 Å². The molecule has 110 valence electrons. The molecule has 0 spiro atoms. The van der Waals surface area contributed by atoms with Crippen LogP contribution in [0.5, 0.6) is 11.5 Å². The fourth-order valence-electron chi connectivity index (χ4n) is 1.76. The molecule has 2 aromatic rings. The quantitative estimate of drug-likeness (QED) is 0.833. The summed E-state index contributed by atoms with van der Waals surface area (Å²) in [6.07, 6.45) is 0. The van der Waals surface area contributed by atoms with Gasteiger partial charge in [-0.3, -0.25) is 4.79 Å². The zero-order valence-corrected chi connectivity index (χ0v) is 12.3. The monoisotopic (exact) mass is 306 g/mol. The van der Waals surface area contributed by atoms with Gasteiger partial charge in [0, 0.05) is 5.56 Å². The van der Waals surface area contributed by atoms with Crippen LogP contribution in [0.2, 0.25) is 5.02 Å². The molecule has 4 nitrogen and oxygen atoms in total. The minimum absolute atomic E-state index is 0.0242. The Morgan fingerprint density at radius 1 is 1.19 bits per heavy atom. The van der Waals surface area contributed by atoms with E-state index in [0.717, 1.165) is 5.56 Å². The molecule has 0 aliphatic heterocycles. The average Bonchev–Trinajstić information content (AvgIpc) is 2.53. The highest BCUT2D eigenvalue weighted by Crippen LogP contribution is 2.25. The topological polar surface area (TPSA) is 55.8 Å². The van der Waals surface area contributed by atoms with Crippen molar-refractivity contribution in [2.45, 2.75) is 6.61 Å². The molecule has 0 aromatic heterocycles. The standard InChI is InChI=1S/C16H15ClO4/c1-20-16-7-4-12(8-14(16)17)15(19)10-21-13-5-2-11(9-18)3-6-13/h2-8,18H,9-10H2,1H3. The summed E-state index contributed by atoms with van der Waals surface area (Å²) in [6.45, 7) is -0.106. The summed E-state index contributed by atoms with van der Waals surface area (Å²) in [6, 6.07) is 11.7. The Balaban J connectivity index is 1.99. The Morgan fingerprint density at radius 3 is 2.48 bits per heavy atom. The van der Waals surface area contributed by atoms with Gasteiger partial charge in [-0.15, -0.1) is 0 Å². The van der Waals surface area contributed by atoms with E-state index < -0.39 is 0 Å². The molecule has 0 saturated carbocycles. The average molecular weight is 307 g/mol. The first-order valence-electron chi connectivity index (χ1n) is 6.33. The number of hydrogen-bond acceptors (Lipinski definition) is 4. The third-order valence-corrected chi connectivity index (χ3v) is 3.24. The van der Waals surface area contributed by atoms with Gasteiger partial charge in [0.15, 0.2) is 12.4 Å². The van der Waals surface area contributed by atoms with Crippen molar-refractivity contribution < 1.29 is 19.4 Å². The highest BCUT2D eigenvalue weighted by molar-refractivity contribution is 6.32. The summed E-state index contributed by atoms with van der Waals surface area (Å²) in [5.74, 6) is 0.916. The molecule has 2 aromatic carbocycles. The van der Waals surface area contributed by atoms with E-state index in [1.54, 1.807) is 42.5 Å². The van der Waals surface area contributed by atoms with E-state index in [0.29, 0.717) is 22.1 Å². The maximum absolute atomic E-state index is 12.0. The van der Waals surface area contributed by atoms with Crippen LogP contribution in [0.15, 0.2) is 42.5 Å². The predicted molar refractivity (Wildman–Crippen MR) is 80.2 cm³/mol. The van der Waals surface area contributed by atoms with Crippen LogP contribution < -0.4 is 9.47 Å². The number of ether oxygens (including phenoxy) is 2. The highest BCUT2D eigenvalue weighted by Gasteiger charge is 2.10. The summed E-state index contributed by atoms with van der Waals surface area (Å²) in [5.41, 5.74) is 1.25. The number of aliphatic hydroxyl groups excluding tert-OH is 1. The van der Waals surface area contributed by atoms with Gasteiger partial charge in [0.05, 0.1) is 18.7 Å². The number of rotatable bonds is 6. The Hall–Kier alpha value is -2.04. The second-order valence-electron chi connectivity index (χ2n) is 4.36. The molecule has 5 heteroatoms. The van der Waals surface area contributed by atoms with E-state index in [1.165, 1.54) is 7.11 Å². The molecule has 0 amide bonds. The molecule has 21 heavy (non-hydrogen) atoms. The minimum atomic E-state index is -0.175. The van der Waals surface area contributed by atoms with Gasteiger partial charge in [-0.05, 0) is 35.9 Å². The molecule has 0 aliphatic rings. The molecule has 0 aliphatic carbocycles. The molecular weight excluding hydrogens is 292 g/mol. The van der Waals surface area contributed by atoms with Gasteiger partial charge in [-0.25, -0.2) is 0 Å². The number of methoxy groups -OCH3 is 1. The van der Waals surface area contributed by atoms with Crippen molar-refractivity contribution in [1.29, 1.82) is 0 Å². The fraction of sp³-hybridized carbons (Fsp3) is 0.188. The lowest BCUT2D eigenvalue weighted by Crippen LogP contribution is -2.11.